The van der Waals surface area contributed by atoms with Crippen LogP contribution in [0.15, 0.2) is 53.3 Å². The summed E-state index contributed by atoms with van der Waals surface area (Å²) >= 11 is 0. The summed E-state index contributed by atoms with van der Waals surface area (Å²) in [5.41, 5.74) is 10.5. The van der Waals surface area contributed by atoms with Crippen molar-refractivity contribution >= 4 is 11.7 Å². The first-order valence-corrected chi connectivity index (χ1v) is 9.89. The van der Waals surface area contributed by atoms with E-state index in [0.717, 1.165) is 16.7 Å². The monoisotopic (exact) mass is 405 g/mol. The summed E-state index contributed by atoms with van der Waals surface area (Å²) in [5.74, 6) is 0.503. The van der Waals surface area contributed by atoms with Crippen molar-refractivity contribution in [3.63, 3.8) is 0 Å². The molecule has 1 heterocycles. The quantitative estimate of drug-likeness (QED) is 0.498. The molecule has 0 saturated heterocycles. The van der Waals surface area contributed by atoms with E-state index in [1.807, 2.05) is 57.2 Å². The Hall–Kier alpha value is -3.41. The first kappa shape index (κ1) is 21.3. The van der Waals surface area contributed by atoms with Gasteiger partial charge in [-0.1, -0.05) is 43.3 Å². The van der Waals surface area contributed by atoms with Gasteiger partial charge in [-0.2, -0.15) is 0 Å². The molecule has 2 N–H and O–H groups in total. The molecule has 6 heteroatoms. The van der Waals surface area contributed by atoms with E-state index in [0.29, 0.717) is 35.7 Å². The van der Waals surface area contributed by atoms with Crippen molar-refractivity contribution in [1.82, 2.24) is 9.55 Å². The molecule has 156 valence electrons. The van der Waals surface area contributed by atoms with Crippen LogP contribution in [0.1, 0.15) is 41.9 Å². The molecule has 0 amide bonds. The van der Waals surface area contributed by atoms with Crippen LogP contribution in [0.25, 0.3) is 11.1 Å². The minimum absolute atomic E-state index is 0.0640. The summed E-state index contributed by atoms with van der Waals surface area (Å²) < 4.78 is 6.43. The fourth-order valence-electron chi connectivity index (χ4n) is 3.55. The molecule has 0 aliphatic rings. The molecule has 2 aromatic carbocycles. The fourth-order valence-corrected chi connectivity index (χ4v) is 3.55. The topological polar surface area (TPSA) is 87.2 Å². The summed E-state index contributed by atoms with van der Waals surface area (Å²) in [5, 5.41) is 0. The first-order chi connectivity index (χ1) is 14.3. The number of hydrogen-bond donors (Lipinski definition) is 1. The molecule has 0 bridgehead atoms. The molecular formula is C24H27N3O3. The van der Waals surface area contributed by atoms with Crippen LogP contribution in [-0.2, 0) is 16.1 Å². The van der Waals surface area contributed by atoms with Gasteiger partial charge < -0.3 is 10.5 Å². The highest BCUT2D eigenvalue weighted by Gasteiger charge is 2.15. The Morgan fingerprint density at radius 3 is 2.33 bits per heavy atom. The highest BCUT2D eigenvalue weighted by Crippen LogP contribution is 2.22. The Kier molecular flexibility index (Phi) is 6.35. The predicted octanol–water partition coefficient (Wildman–Crippen LogP) is 3.82. The standard InChI is InChI=1S/C24H27N3O3/c1-15(13-22(28)30-4)19-7-5-18(6-8-19)14-27-17(3)26-16(2)23(24(27)29)20-9-11-21(25)12-10-20/h5-12,15H,13-14,25H2,1-4H3/t15-/m1/s1. The smallest absolute Gasteiger partial charge is 0.306 e. The lowest BCUT2D eigenvalue weighted by Gasteiger charge is -2.15. The molecule has 0 aliphatic heterocycles. The van der Waals surface area contributed by atoms with E-state index >= 15 is 0 Å². The van der Waals surface area contributed by atoms with Crippen molar-refractivity contribution < 1.29 is 9.53 Å². The highest BCUT2D eigenvalue weighted by molar-refractivity contribution is 5.70. The van der Waals surface area contributed by atoms with E-state index in [9.17, 15) is 9.59 Å². The molecule has 0 saturated carbocycles. The number of methoxy groups -OCH3 is 1. The van der Waals surface area contributed by atoms with Crippen molar-refractivity contribution in [2.45, 2.75) is 39.7 Å². The summed E-state index contributed by atoms with van der Waals surface area (Å²) in [4.78, 5) is 29.4. The average molecular weight is 405 g/mol. The number of ether oxygens (including phenoxy) is 1. The van der Waals surface area contributed by atoms with Crippen molar-refractivity contribution in [3.8, 4) is 11.1 Å². The van der Waals surface area contributed by atoms with Crippen molar-refractivity contribution in [2.75, 3.05) is 12.8 Å². The Balaban J connectivity index is 1.90. The largest absolute Gasteiger partial charge is 0.469 e. The van der Waals surface area contributed by atoms with Gasteiger partial charge in [0.2, 0.25) is 0 Å². The van der Waals surface area contributed by atoms with Crippen molar-refractivity contribution in [1.29, 1.82) is 0 Å². The first-order valence-electron chi connectivity index (χ1n) is 9.89. The molecule has 0 aliphatic carbocycles. The van der Waals surface area contributed by atoms with Gasteiger partial charge in [-0.3, -0.25) is 14.2 Å². The third-order valence-electron chi connectivity index (χ3n) is 5.33. The Morgan fingerprint density at radius 1 is 1.10 bits per heavy atom. The van der Waals surface area contributed by atoms with Crippen LogP contribution in [0.5, 0.6) is 0 Å². The SMILES string of the molecule is COC(=O)C[C@@H](C)c1ccc(Cn2c(C)nc(C)c(-c3ccc(N)cc3)c2=O)cc1. The van der Waals surface area contributed by atoms with Gasteiger partial charge in [-0.05, 0) is 48.6 Å². The van der Waals surface area contributed by atoms with Gasteiger partial charge in [0, 0.05) is 5.69 Å². The molecule has 1 aromatic heterocycles. The molecule has 3 rings (SSSR count). The molecule has 0 fully saturated rings. The van der Waals surface area contributed by atoms with Gasteiger partial charge in [-0.15, -0.1) is 0 Å². The van der Waals surface area contributed by atoms with Crippen molar-refractivity contribution in [3.05, 3.63) is 81.5 Å². The number of anilines is 1. The lowest BCUT2D eigenvalue weighted by atomic mass is 9.97. The van der Waals surface area contributed by atoms with Gasteiger partial charge in [0.15, 0.2) is 0 Å². The average Bonchev–Trinajstić information content (AvgIpc) is 2.72. The van der Waals surface area contributed by atoms with Crippen LogP contribution >= 0.6 is 0 Å². The minimum Gasteiger partial charge on any atom is -0.469 e. The number of nitrogens with two attached hydrogens (primary N) is 1. The van der Waals surface area contributed by atoms with E-state index in [2.05, 4.69) is 4.98 Å². The fraction of sp³-hybridized carbons (Fsp3) is 0.292. The lowest BCUT2D eigenvalue weighted by molar-refractivity contribution is -0.140. The zero-order valence-electron chi connectivity index (χ0n) is 17.8. The number of esters is 1. The molecule has 0 radical (unpaired) electrons. The predicted molar refractivity (Wildman–Crippen MR) is 118 cm³/mol. The van der Waals surface area contributed by atoms with E-state index < -0.39 is 0 Å². The molecule has 3 aromatic rings. The zero-order chi connectivity index (χ0) is 21.8. The van der Waals surface area contributed by atoms with Crippen LogP contribution in [0, 0.1) is 13.8 Å². The van der Waals surface area contributed by atoms with Gasteiger partial charge in [0.1, 0.15) is 5.82 Å². The number of nitrogens with zero attached hydrogens (tertiary/aromatic N) is 2. The van der Waals surface area contributed by atoms with Crippen LogP contribution in [0.4, 0.5) is 5.69 Å². The summed E-state index contributed by atoms with van der Waals surface area (Å²) in [6.45, 7) is 6.10. The van der Waals surface area contributed by atoms with E-state index in [-0.39, 0.29) is 17.4 Å². The number of nitrogen functional groups attached to an aromatic ring is 1. The second-order valence-corrected chi connectivity index (χ2v) is 7.56. The third-order valence-corrected chi connectivity index (χ3v) is 5.33. The van der Waals surface area contributed by atoms with Gasteiger partial charge in [0.05, 0.1) is 31.3 Å². The molecule has 1 atom stereocenters. The van der Waals surface area contributed by atoms with Crippen molar-refractivity contribution in [2.24, 2.45) is 0 Å². The summed E-state index contributed by atoms with van der Waals surface area (Å²) in [6, 6.07) is 15.2. The van der Waals surface area contributed by atoms with Crippen LogP contribution in [0.3, 0.4) is 0 Å². The molecule has 6 nitrogen and oxygen atoms in total. The van der Waals surface area contributed by atoms with Crippen LogP contribution in [-0.4, -0.2) is 22.6 Å². The molecular weight excluding hydrogens is 378 g/mol. The molecule has 30 heavy (non-hydrogen) atoms. The van der Waals surface area contributed by atoms with E-state index in [4.69, 9.17) is 10.5 Å². The van der Waals surface area contributed by atoms with E-state index in [1.54, 1.807) is 16.7 Å². The Labute approximate surface area is 176 Å². The van der Waals surface area contributed by atoms with E-state index in [1.165, 1.54) is 7.11 Å². The molecule has 0 spiro atoms. The zero-order valence-corrected chi connectivity index (χ0v) is 17.8. The molecule has 0 unspecified atom stereocenters. The maximum atomic E-state index is 13.3. The van der Waals surface area contributed by atoms with Gasteiger partial charge >= 0.3 is 5.97 Å². The normalized spacial score (nSPS) is 11.9. The maximum absolute atomic E-state index is 13.3. The number of rotatable bonds is 6. The number of aromatic nitrogens is 2. The summed E-state index contributed by atoms with van der Waals surface area (Å²) in [7, 11) is 1.40. The maximum Gasteiger partial charge on any atom is 0.306 e. The van der Waals surface area contributed by atoms with Crippen LogP contribution in [0.2, 0.25) is 0 Å². The summed E-state index contributed by atoms with van der Waals surface area (Å²) in [6.07, 6.45) is 0.335. The second kappa shape index (κ2) is 8.95. The number of carbonyl (C=O) groups excluding carboxylic acids is 1. The number of aryl methyl sites for hydroxylation is 2. The number of benzene rings is 2. The number of carbonyl (C=O) groups is 1. The van der Waals surface area contributed by atoms with Gasteiger partial charge in [0.25, 0.3) is 5.56 Å². The number of hydrogen-bond acceptors (Lipinski definition) is 5. The van der Waals surface area contributed by atoms with Gasteiger partial charge in [-0.25, -0.2) is 4.98 Å². The second-order valence-electron chi connectivity index (χ2n) is 7.56. The minimum atomic E-state index is -0.227. The Bertz CT molecular complexity index is 1100. The highest BCUT2D eigenvalue weighted by atomic mass is 16.5. The Morgan fingerprint density at radius 2 is 1.73 bits per heavy atom. The van der Waals surface area contributed by atoms with Crippen LogP contribution < -0.4 is 11.3 Å². The third kappa shape index (κ3) is 4.59. The lowest BCUT2D eigenvalue weighted by Crippen LogP contribution is -2.27.